The Hall–Kier alpha value is -3.38. The fourth-order valence-electron chi connectivity index (χ4n) is 3.83. The number of morpholine rings is 1. The molecule has 6 heteroatoms. The summed E-state index contributed by atoms with van der Waals surface area (Å²) in [6.45, 7) is 5.16. The van der Waals surface area contributed by atoms with Crippen LogP contribution in [-0.2, 0) is 11.2 Å². The number of hydrogen-bond acceptors (Lipinski definition) is 5. The summed E-state index contributed by atoms with van der Waals surface area (Å²) in [6, 6.07) is 15.7. The van der Waals surface area contributed by atoms with Crippen molar-refractivity contribution in [1.82, 2.24) is 4.98 Å². The van der Waals surface area contributed by atoms with Gasteiger partial charge in [0.25, 0.3) is 5.91 Å². The zero-order valence-electron chi connectivity index (χ0n) is 16.9. The van der Waals surface area contributed by atoms with E-state index in [1.807, 2.05) is 48.7 Å². The zero-order chi connectivity index (χ0) is 20.5. The first-order valence-electron chi connectivity index (χ1n) is 10.3. The first-order valence-corrected chi connectivity index (χ1v) is 10.3. The fourth-order valence-corrected chi connectivity index (χ4v) is 3.83. The Balaban J connectivity index is 1.48. The second-order valence-corrected chi connectivity index (χ2v) is 7.45. The standard InChI is InChI=1S/C24H23N3O3/c1-2-16-3-5-22-20(13-16)26-24(28)19-14-17(4-6-21(19)30-22)18-7-8-25-23(15-18)27-9-11-29-12-10-27/h3-8,13-15H,2,9-12H2,1H3,(H,26,28). The van der Waals surface area contributed by atoms with E-state index < -0.39 is 0 Å². The number of hydrogen-bond donors (Lipinski definition) is 1. The van der Waals surface area contributed by atoms with Crippen LogP contribution in [0, 0.1) is 0 Å². The molecule has 5 rings (SSSR count). The number of fused-ring (bicyclic) bond motifs is 2. The molecular formula is C24H23N3O3. The zero-order valence-corrected chi connectivity index (χ0v) is 16.9. The lowest BCUT2D eigenvalue weighted by molar-refractivity contribution is 0.102. The third kappa shape index (κ3) is 3.50. The maximum Gasteiger partial charge on any atom is 0.259 e. The van der Waals surface area contributed by atoms with Gasteiger partial charge in [-0.1, -0.05) is 19.1 Å². The van der Waals surface area contributed by atoms with Gasteiger partial charge in [-0.05, 0) is 59.5 Å². The Labute approximate surface area is 175 Å². The molecule has 30 heavy (non-hydrogen) atoms. The van der Waals surface area contributed by atoms with Gasteiger partial charge >= 0.3 is 0 Å². The molecule has 0 bridgehead atoms. The number of pyridine rings is 1. The van der Waals surface area contributed by atoms with E-state index in [9.17, 15) is 4.79 Å². The molecule has 2 aliphatic rings. The van der Waals surface area contributed by atoms with Gasteiger partial charge in [0.2, 0.25) is 0 Å². The van der Waals surface area contributed by atoms with Crippen LogP contribution in [0.15, 0.2) is 54.7 Å². The Morgan fingerprint density at radius 1 is 1.00 bits per heavy atom. The number of aromatic nitrogens is 1. The number of rotatable bonds is 3. The highest BCUT2D eigenvalue weighted by Gasteiger charge is 2.22. The van der Waals surface area contributed by atoms with E-state index in [1.165, 1.54) is 0 Å². The van der Waals surface area contributed by atoms with Gasteiger partial charge in [-0.25, -0.2) is 4.98 Å². The van der Waals surface area contributed by atoms with E-state index in [2.05, 4.69) is 28.2 Å². The number of ether oxygens (including phenoxy) is 2. The smallest absolute Gasteiger partial charge is 0.259 e. The fraction of sp³-hybridized carbons (Fsp3) is 0.250. The average Bonchev–Trinajstić information content (AvgIpc) is 2.94. The summed E-state index contributed by atoms with van der Waals surface area (Å²) in [5.74, 6) is 1.97. The van der Waals surface area contributed by atoms with Crippen LogP contribution in [0.1, 0.15) is 22.8 Å². The average molecular weight is 401 g/mol. The molecular weight excluding hydrogens is 378 g/mol. The maximum absolute atomic E-state index is 12.9. The molecule has 1 fully saturated rings. The quantitative estimate of drug-likeness (QED) is 0.700. The first-order chi connectivity index (χ1) is 14.7. The van der Waals surface area contributed by atoms with E-state index in [0.717, 1.165) is 42.0 Å². The molecule has 0 radical (unpaired) electrons. The largest absolute Gasteiger partial charge is 0.454 e. The summed E-state index contributed by atoms with van der Waals surface area (Å²) in [6.07, 6.45) is 2.71. The number of nitrogens with zero attached hydrogens (tertiary/aromatic N) is 2. The minimum atomic E-state index is -0.165. The lowest BCUT2D eigenvalue weighted by atomic mass is 10.0. The van der Waals surface area contributed by atoms with Crippen molar-refractivity contribution < 1.29 is 14.3 Å². The molecule has 0 spiro atoms. The summed E-state index contributed by atoms with van der Waals surface area (Å²) in [7, 11) is 0. The predicted octanol–water partition coefficient (Wildman–Crippen LogP) is 4.51. The van der Waals surface area contributed by atoms with Crippen molar-refractivity contribution in [2.75, 3.05) is 36.5 Å². The maximum atomic E-state index is 12.9. The molecule has 1 saturated heterocycles. The molecule has 0 aliphatic carbocycles. The molecule has 3 aromatic rings. The highest BCUT2D eigenvalue weighted by atomic mass is 16.5. The van der Waals surface area contributed by atoms with Crippen LogP contribution in [-0.4, -0.2) is 37.2 Å². The summed E-state index contributed by atoms with van der Waals surface area (Å²) in [4.78, 5) is 19.7. The van der Waals surface area contributed by atoms with Crippen LogP contribution < -0.4 is 15.0 Å². The lowest BCUT2D eigenvalue weighted by Crippen LogP contribution is -2.36. The molecule has 2 aromatic carbocycles. The normalized spacial score (nSPS) is 15.5. The van der Waals surface area contributed by atoms with Gasteiger partial charge in [0.1, 0.15) is 11.6 Å². The number of nitrogens with one attached hydrogen (secondary N) is 1. The SMILES string of the molecule is CCc1ccc2c(c1)NC(=O)c1cc(-c3ccnc(N4CCOCC4)c3)ccc1O2. The second kappa shape index (κ2) is 7.80. The van der Waals surface area contributed by atoms with Gasteiger partial charge in [-0.2, -0.15) is 0 Å². The third-order valence-corrected chi connectivity index (χ3v) is 5.56. The molecule has 0 unspecified atom stereocenters. The van der Waals surface area contributed by atoms with Crippen LogP contribution in [0.5, 0.6) is 11.5 Å². The van der Waals surface area contributed by atoms with Crippen LogP contribution >= 0.6 is 0 Å². The number of carbonyl (C=O) groups is 1. The Morgan fingerprint density at radius 3 is 2.63 bits per heavy atom. The summed E-state index contributed by atoms with van der Waals surface area (Å²) < 4.78 is 11.5. The number of anilines is 2. The van der Waals surface area contributed by atoms with E-state index in [-0.39, 0.29) is 5.91 Å². The molecule has 6 nitrogen and oxygen atoms in total. The van der Waals surface area contributed by atoms with Crippen molar-refractivity contribution in [3.05, 3.63) is 65.9 Å². The van der Waals surface area contributed by atoms with E-state index in [0.29, 0.717) is 36.0 Å². The molecule has 0 saturated carbocycles. The third-order valence-electron chi connectivity index (χ3n) is 5.56. The summed E-state index contributed by atoms with van der Waals surface area (Å²) in [5, 5.41) is 3.00. The highest BCUT2D eigenvalue weighted by molar-refractivity contribution is 6.08. The van der Waals surface area contributed by atoms with Gasteiger partial charge in [-0.15, -0.1) is 0 Å². The molecule has 0 atom stereocenters. The van der Waals surface area contributed by atoms with Crippen molar-refractivity contribution in [3.63, 3.8) is 0 Å². The monoisotopic (exact) mass is 401 g/mol. The summed E-state index contributed by atoms with van der Waals surface area (Å²) >= 11 is 0. The van der Waals surface area contributed by atoms with Crippen molar-refractivity contribution in [2.24, 2.45) is 0 Å². The Bertz CT molecular complexity index is 1110. The number of carbonyl (C=O) groups excluding carboxylic acids is 1. The van der Waals surface area contributed by atoms with Gasteiger partial charge in [0.05, 0.1) is 24.5 Å². The van der Waals surface area contributed by atoms with E-state index in [4.69, 9.17) is 9.47 Å². The number of aryl methyl sites for hydroxylation is 1. The second-order valence-electron chi connectivity index (χ2n) is 7.45. The lowest BCUT2D eigenvalue weighted by Gasteiger charge is -2.28. The van der Waals surface area contributed by atoms with Crippen molar-refractivity contribution in [2.45, 2.75) is 13.3 Å². The van der Waals surface area contributed by atoms with E-state index >= 15 is 0 Å². The van der Waals surface area contributed by atoms with E-state index in [1.54, 1.807) is 0 Å². The van der Waals surface area contributed by atoms with Crippen LogP contribution in [0.4, 0.5) is 11.5 Å². The Kier molecular flexibility index (Phi) is 4.85. The van der Waals surface area contributed by atoms with Crippen molar-refractivity contribution in [3.8, 4) is 22.6 Å². The minimum absolute atomic E-state index is 0.165. The minimum Gasteiger partial charge on any atom is -0.454 e. The van der Waals surface area contributed by atoms with Crippen LogP contribution in [0.3, 0.4) is 0 Å². The van der Waals surface area contributed by atoms with Gasteiger partial charge in [-0.3, -0.25) is 4.79 Å². The topological polar surface area (TPSA) is 63.7 Å². The van der Waals surface area contributed by atoms with Crippen molar-refractivity contribution in [1.29, 1.82) is 0 Å². The Morgan fingerprint density at radius 2 is 1.80 bits per heavy atom. The highest BCUT2D eigenvalue weighted by Crippen LogP contribution is 2.38. The first kappa shape index (κ1) is 18.6. The molecule has 1 N–H and O–H groups in total. The van der Waals surface area contributed by atoms with Gasteiger partial charge in [0, 0.05) is 19.3 Å². The number of benzene rings is 2. The van der Waals surface area contributed by atoms with Gasteiger partial charge in [0.15, 0.2) is 5.75 Å². The molecule has 1 amide bonds. The molecule has 3 heterocycles. The number of amides is 1. The molecule has 152 valence electrons. The predicted molar refractivity (Wildman–Crippen MR) is 117 cm³/mol. The van der Waals surface area contributed by atoms with Crippen molar-refractivity contribution >= 4 is 17.4 Å². The van der Waals surface area contributed by atoms with Gasteiger partial charge < -0.3 is 19.7 Å². The molecule has 2 aliphatic heterocycles. The molecule has 1 aromatic heterocycles. The van der Waals surface area contributed by atoms with Crippen LogP contribution in [0.2, 0.25) is 0 Å². The van der Waals surface area contributed by atoms with Crippen LogP contribution in [0.25, 0.3) is 11.1 Å². The summed E-state index contributed by atoms with van der Waals surface area (Å²) in [5.41, 5.74) is 4.33.